The maximum atomic E-state index is 14.3. The van der Waals surface area contributed by atoms with E-state index >= 15 is 0 Å². The number of urea groups is 1. The van der Waals surface area contributed by atoms with Gasteiger partial charge >= 0.3 is 6.03 Å². The van der Waals surface area contributed by atoms with Crippen molar-refractivity contribution in [1.82, 2.24) is 15.1 Å². The zero-order valence-electron chi connectivity index (χ0n) is 16.2. The zero-order valence-corrected chi connectivity index (χ0v) is 17.0. The lowest BCUT2D eigenvalue weighted by molar-refractivity contribution is -0.140. The SMILES string of the molecule is C[C@]1(c2cc(F)ccc2F)NC(=O)N(CC(=O)N(C2CC2)[C@@H]2CCS(=O)(=O)C2)C1=O. The highest BCUT2D eigenvalue weighted by Crippen LogP contribution is 2.34. The second-order valence-corrected chi connectivity index (χ2v) is 10.4. The van der Waals surface area contributed by atoms with Crippen LogP contribution in [-0.2, 0) is 25.0 Å². The fraction of sp³-hybridized carbons (Fsp3) is 0.526. The standard InChI is InChI=1S/C19H21F2N3O5S/c1-19(14-8-11(20)2-5-15(14)21)17(26)23(18(27)22-19)9-16(25)24(12-3-4-12)13-6-7-30(28,29)10-13/h2,5,8,12-13H,3-4,6-7,9-10H2,1H3,(H,22,27)/t13-,19-/m1/s1. The normalized spacial score (nSPS) is 28.0. The molecule has 3 fully saturated rings. The van der Waals surface area contributed by atoms with Crippen molar-refractivity contribution in [3.63, 3.8) is 0 Å². The predicted molar refractivity (Wildman–Crippen MR) is 101 cm³/mol. The Morgan fingerprint density at radius 1 is 1.23 bits per heavy atom. The molecule has 0 bridgehead atoms. The molecule has 1 aliphatic carbocycles. The minimum atomic E-state index is -3.22. The van der Waals surface area contributed by atoms with Crippen LogP contribution in [0.4, 0.5) is 13.6 Å². The second kappa shape index (κ2) is 7.00. The highest BCUT2D eigenvalue weighted by molar-refractivity contribution is 7.91. The van der Waals surface area contributed by atoms with Gasteiger partial charge in [0.05, 0.1) is 11.5 Å². The number of carbonyl (C=O) groups excluding carboxylic acids is 3. The summed E-state index contributed by atoms with van der Waals surface area (Å²) < 4.78 is 51.5. The van der Waals surface area contributed by atoms with Gasteiger partial charge in [-0.1, -0.05) is 0 Å². The molecule has 1 aromatic rings. The van der Waals surface area contributed by atoms with Crippen molar-refractivity contribution in [1.29, 1.82) is 0 Å². The van der Waals surface area contributed by atoms with E-state index in [0.717, 1.165) is 31.0 Å². The summed E-state index contributed by atoms with van der Waals surface area (Å²) in [5, 5.41) is 2.35. The Labute approximate surface area is 172 Å². The summed E-state index contributed by atoms with van der Waals surface area (Å²) in [7, 11) is -3.22. The molecule has 0 aromatic heterocycles. The van der Waals surface area contributed by atoms with Crippen LogP contribution in [-0.4, -0.2) is 66.2 Å². The summed E-state index contributed by atoms with van der Waals surface area (Å²) in [6.45, 7) is 0.655. The number of halogens is 2. The first-order chi connectivity index (χ1) is 14.0. The monoisotopic (exact) mass is 441 g/mol. The molecule has 2 saturated heterocycles. The molecule has 3 aliphatic rings. The molecule has 4 amide bonds. The molecule has 30 heavy (non-hydrogen) atoms. The van der Waals surface area contributed by atoms with Crippen molar-refractivity contribution >= 4 is 27.7 Å². The van der Waals surface area contributed by atoms with Crippen LogP contribution in [0.15, 0.2) is 18.2 Å². The van der Waals surface area contributed by atoms with Gasteiger partial charge in [0, 0.05) is 17.6 Å². The molecule has 2 heterocycles. The smallest absolute Gasteiger partial charge is 0.325 e. The van der Waals surface area contributed by atoms with Gasteiger partial charge in [0.25, 0.3) is 5.91 Å². The fourth-order valence-electron chi connectivity index (χ4n) is 4.17. The van der Waals surface area contributed by atoms with Crippen LogP contribution in [0.2, 0.25) is 0 Å². The number of benzene rings is 1. The minimum absolute atomic E-state index is 0.00574. The van der Waals surface area contributed by atoms with Gasteiger partial charge in [0.2, 0.25) is 5.91 Å². The maximum absolute atomic E-state index is 14.3. The van der Waals surface area contributed by atoms with E-state index in [1.54, 1.807) is 0 Å². The number of nitrogens with one attached hydrogen (secondary N) is 1. The van der Waals surface area contributed by atoms with Gasteiger partial charge in [-0.05, 0) is 44.4 Å². The molecule has 0 unspecified atom stereocenters. The van der Waals surface area contributed by atoms with Gasteiger partial charge in [0.1, 0.15) is 23.7 Å². The van der Waals surface area contributed by atoms with Gasteiger partial charge in [-0.3, -0.25) is 14.5 Å². The summed E-state index contributed by atoms with van der Waals surface area (Å²) in [6.07, 6.45) is 1.78. The number of carbonyl (C=O) groups is 3. The van der Waals surface area contributed by atoms with Gasteiger partial charge in [-0.15, -0.1) is 0 Å². The second-order valence-electron chi connectivity index (χ2n) is 8.16. The van der Waals surface area contributed by atoms with Gasteiger partial charge < -0.3 is 10.2 Å². The Bertz CT molecular complexity index is 1040. The van der Waals surface area contributed by atoms with Gasteiger partial charge in [-0.25, -0.2) is 22.0 Å². The van der Waals surface area contributed by atoms with Crippen LogP contribution >= 0.6 is 0 Å². The third-order valence-corrected chi connectivity index (χ3v) is 7.62. The molecule has 162 valence electrons. The van der Waals surface area contributed by atoms with Crippen molar-refractivity contribution in [2.45, 2.75) is 43.8 Å². The van der Waals surface area contributed by atoms with Crippen molar-refractivity contribution in [3.8, 4) is 0 Å². The van der Waals surface area contributed by atoms with E-state index in [1.165, 1.54) is 11.8 Å². The molecule has 1 aromatic carbocycles. The Kier molecular flexibility index (Phi) is 4.83. The molecule has 1 N–H and O–H groups in total. The molecular formula is C19H21F2N3O5S. The highest BCUT2D eigenvalue weighted by Gasteiger charge is 2.52. The molecule has 2 atom stereocenters. The lowest BCUT2D eigenvalue weighted by Crippen LogP contribution is -2.49. The Morgan fingerprint density at radius 3 is 2.53 bits per heavy atom. The first-order valence-corrected chi connectivity index (χ1v) is 11.5. The van der Waals surface area contributed by atoms with Crippen LogP contribution in [0.5, 0.6) is 0 Å². The van der Waals surface area contributed by atoms with Crippen molar-refractivity contribution < 1.29 is 31.6 Å². The van der Waals surface area contributed by atoms with Crippen molar-refractivity contribution in [3.05, 3.63) is 35.4 Å². The molecule has 1 saturated carbocycles. The summed E-state index contributed by atoms with van der Waals surface area (Å²) in [6, 6.07) is 1.10. The Balaban J connectivity index is 1.56. The van der Waals surface area contributed by atoms with E-state index in [-0.39, 0.29) is 23.1 Å². The molecule has 2 aliphatic heterocycles. The molecule has 4 rings (SSSR count). The van der Waals surface area contributed by atoms with E-state index in [1.807, 2.05) is 0 Å². The fourth-order valence-corrected chi connectivity index (χ4v) is 5.88. The Hall–Kier alpha value is -2.56. The average Bonchev–Trinajstić information content (AvgIpc) is 3.39. The predicted octanol–water partition coefficient (Wildman–Crippen LogP) is 0.910. The average molecular weight is 441 g/mol. The van der Waals surface area contributed by atoms with Crippen LogP contribution < -0.4 is 5.32 Å². The van der Waals surface area contributed by atoms with E-state index in [4.69, 9.17) is 0 Å². The molecule has 11 heteroatoms. The van der Waals surface area contributed by atoms with E-state index in [2.05, 4.69) is 5.32 Å². The largest absolute Gasteiger partial charge is 0.334 e. The van der Waals surface area contributed by atoms with Crippen LogP contribution in [0.1, 0.15) is 31.7 Å². The quantitative estimate of drug-likeness (QED) is 0.684. The lowest BCUT2D eigenvalue weighted by Gasteiger charge is -2.30. The van der Waals surface area contributed by atoms with Gasteiger partial charge in [-0.2, -0.15) is 0 Å². The van der Waals surface area contributed by atoms with Crippen LogP contribution in [0, 0.1) is 11.6 Å². The summed E-state index contributed by atoms with van der Waals surface area (Å²) in [5.74, 6) is -3.19. The van der Waals surface area contributed by atoms with Crippen molar-refractivity contribution in [2.24, 2.45) is 0 Å². The first kappa shape index (κ1) is 20.7. The van der Waals surface area contributed by atoms with Gasteiger partial charge in [0.15, 0.2) is 9.84 Å². The first-order valence-electron chi connectivity index (χ1n) is 9.63. The van der Waals surface area contributed by atoms with Crippen LogP contribution in [0.25, 0.3) is 0 Å². The van der Waals surface area contributed by atoms with Crippen LogP contribution in [0.3, 0.4) is 0 Å². The number of rotatable bonds is 5. The number of hydrogen-bond acceptors (Lipinski definition) is 5. The topological polar surface area (TPSA) is 104 Å². The minimum Gasteiger partial charge on any atom is -0.334 e. The number of nitrogens with zero attached hydrogens (tertiary/aromatic N) is 2. The maximum Gasteiger partial charge on any atom is 0.325 e. The summed E-state index contributed by atoms with van der Waals surface area (Å²) in [5.41, 5.74) is -2.19. The molecular weight excluding hydrogens is 420 g/mol. The van der Waals surface area contributed by atoms with Crippen molar-refractivity contribution in [2.75, 3.05) is 18.1 Å². The summed E-state index contributed by atoms with van der Waals surface area (Å²) in [4.78, 5) is 40.5. The number of sulfone groups is 1. The molecule has 0 spiro atoms. The molecule has 0 radical (unpaired) electrons. The molecule has 8 nitrogen and oxygen atoms in total. The number of imide groups is 1. The highest BCUT2D eigenvalue weighted by atomic mass is 32.2. The van der Waals surface area contributed by atoms with E-state index < -0.39 is 57.4 Å². The third kappa shape index (κ3) is 3.55. The number of amides is 4. The van der Waals surface area contributed by atoms with E-state index in [9.17, 15) is 31.6 Å². The lowest BCUT2D eigenvalue weighted by atomic mass is 9.91. The zero-order chi connectivity index (χ0) is 21.8. The summed E-state index contributed by atoms with van der Waals surface area (Å²) >= 11 is 0. The number of hydrogen-bond donors (Lipinski definition) is 1. The van der Waals surface area contributed by atoms with E-state index in [0.29, 0.717) is 11.3 Å². The Morgan fingerprint density at radius 2 is 1.93 bits per heavy atom. The third-order valence-electron chi connectivity index (χ3n) is 5.87.